The highest BCUT2D eigenvalue weighted by Gasteiger charge is 2.24. The van der Waals surface area contributed by atoms with Crippen molar-refractivity contribution in [1.29, 1.82) is 0 Å². The number of aromatic carboxylic acids is 1. The number of ether oxygens (including phenoxy) is 1. The minimum absolute atomic E-state index is 0.107. The Hall–Kier alpha value is -2.66. The summed E-state index contributed by atoms with van der Waals surface area (Å²) in [5.74, 6) is -1.12. The molecule has 3 rings (SSSR count). The van der Waals surface area contributed by atoms with Crippen molar-refractivity contribution < 1.29 is 19.4 Å². The van der Waals surface area contributed by atoms with Gasteiger partial charge in [0.15, 0.2) is 0 Å². The van der Waals surface area contributed by atoms with Crippen LogP contribution in [0, 0.1) is 6.92 Å². The number of benzene rings is 2. The molecule has 1 heterocycles. The van der Waals surface area contributed by atoms with Crippen LogP contribution in [-0.2, 0) is 11.2 Å². The molecule has 2 aromatic rings. The van der Waals surface area contributed by atoms with Crippen LogP contribution in [0.5, 0.6) is 0 Å². The molecule has 5 nitrogen and oxygen atoms in total. The quantitative estimate of drug-likeness (QED) is 0.848. The third-order valence-corrected chi connectivity index (χ3v) is 4.89. The first-order valence-electron chi connectivity index (χ1n) is 9.33. The monoisotopic (exact) mass is 367 g/mol. The average molecular weight is 367 g/mol. The minimum atomic E-state index is -1.02. The van der Waals surface area contributed by atoms with E-state index >= 15 is 0 Å². The Morgan fingerprint density at radius 2 is 1.74 bits per heavy atom. The van der Waals surface area contributed by atoms with Crippen LogP contribution >= 0.6 is 0 Å². The maximum Gasteiger partial charge on any atom is 0.335 e. The Morgan fingerprint density at radius 3 is 2.41 bits per heavy atom. The van der Waals surface area contributed by atoms with E-state index in [0.29, 0.717) is 25.3 Å². The van der Waals surface area contributed by atoms with Gasteiger partial charge in [-0.15, -0.1) is 0 Å². The summed E-state index contributed by atoms with van der Waals surface area (Å²) in [6.45, 7) is 3.74. The summed E-state index contributed by atoms with van der Waals surface area (Å²) in [6.07, 6.45) is 2.67. The van der Waals surface area contributed by atoms with Gasteiger partial charge in [-0.25, -0.2) is 4.79 Å². The van der Waals surface area contributed by atoms with Crippen LogP contribution in [0.1, 0.15) is 44.7 Å². The van der Waals surface area contributed by atoms with Crippen LogP contribution in [0.2, 0.25) is 0 Å². The van der Waals surface area contributed by atoms with Crippen molar-refractivity contribution in [2.24, 2.45) is 0 Å². The normalized spacial score (nSPS) is 14.9. The third-order valence-electron chi connectivity index (χ3n) is 4.89. The van der Waals surface area contributed by atoms with Crippen LogP contribution < -0.4 is 0 Å². The predicted molar refractivity (Wildman–Crippen MR) is 103 cm³/mol. The second-order valence-electron chi connectivity index (χ2n) is 6.99. The zero-order chi connectivity index (χ0) is 19.2. The van der Waals surface area contributed by atoms with Crippen molar-refractivity contribution in [3.63, 3.8) is 0 Å². The number of rotatable bonds is 6. The molecule has 0 unspecified atom stereocenters. The van der Waals surface area contributed by atoms with Crippen molar-refractivity contribution in [1.82, 2.24) is 4.90 Å². The van der Waals surface area contributed by atoms with Gasteiger partial charge < -0.3 is 14.7 Å². The summed E-state index contributed by atoms with van der Waals surface area (Å²) in [7, 11) is 0. The van der Waals surface area contributed by atoms with Crippen LogP contribution in [0.3, 0.4) is 0 Å². The fraction of sp³-hybridized carbons (Fsp3) is 0.364. The van der Waals surface area contributed by atoms with Crippen molar-refractivity contribution in [2.45, 2.75) is 32.3 Å². The lowest BCUT2D eigenvalue weighted by Crippen LogP contribution is -2.41. The summed E-state index contributed by atoms with van der Waals surface area (Å²) in [6, 6.07) is 15.0. The van der Waals surface area contributed by atoms with E-state index in [0.717, 1.165) is 24.8 Å². The van der Waals surface area contributed by atoms with Gasteiger partial charge in [0.05, 0.1) is 18.3 Å². The van der Waals surface area contributed by atoms with Crippen LogP contribution in [0.25, 0.3) is 0 Å². The molecule has 1 N–H and O–H groups in total. The topological polar surface area (TPSA) is 66.8 Å². The lowest BCUT2D eigenvalue weighted by molar-refractivity contribution is 0.0100. The smallest absolute Gasteiger partial charge is 0.335 e. The molecule has 0 saturated carbocycles. The van der Waals surface area contributed by atoms with Gasteiger partial charge in [-0.05, 0) is 55.5 Å². The second-order valence-corrected chi connectivity index (χ2v) is 6.99. The van der Waals surface area contributed by atoms with Crippen molar-refractivity contribution in [3.05, 3.63) is 70.8 Å². The number of piperidine rings is 1. The van der Waals surface area contributed by atoms with E-state index in [9.17, 15) is 14.7 Å². The Labute approximate surface area is 159 Å². The Bertz CT molecular complexity index is 795. The molecule has 0 atom stereocenters. The number of carbonyl (C=O) groups is 2. The summed E-state index contributed by atoms with van der Waals surface area (Å²) < 4.78 is 5.97. The fourth-order valence-corrected chi connectivity index (χ4v) is 3.43. The molecule has 1 fully saturated rings. The Balaban J connectivity index is 1.50. The maximum absolute atomic E-state index is 12.7. The molecule has 0 radical (unpaired) electrons. The van der Waals surface area contributed by atoms with E-state index < -0.39 is 5.97 Å². The molecular weight excluding hydrogens is 342 g/mol. The minimum Gasteiger partial charge on any atom is -0.478 e. The van der Waals surface area contributed by atoms with E-state index in [-0.39, 0.29) is 17.6 Å². The summed E-state index contributed by atoms with van der Waals surface area (Å²) in [4.78, 5) is 25.7. The number of carbonyl (C=O) groups excluding carboxylic acids is 1. The first-order valence-corrected chi connectivity index (χ1v) is 9.33. The van der Waals surface area contributed by atoms with Crippen LogP contribution in [-0.4, -0.2) is 47.7 Å². The highest BCUT2D eigenvalue weighted by molar-refractivity contribution is 5.97. The summed E-state index contributed by atoms with van der Waals surface area (Å²) in [5, 5.41) is 9.18. The first-order chi connectivity index (χ1) is 13.0. The molecule has 1 amide bonds. The van der Waals surface area contributed by atoms with Gasteiger partial charge in [0, 0.05) is 18.7 Å². The molecule has 0 bridgehead atoms. The van der Waals surface area contributed by atoms with Gasteiger partial charge in [0.25, 0.3) is 5.91 Å². The number of hydrogen-bond donors (Lipinski definition) is 1. The van der Waals surface area contributed by atoms with Crippen molar-refractivity contribution in [3.8, 4) is 0 Å². The molecule has 0 aliphatic carbocycles. The number of hydrogen-bond acceptors (Lipinski definition) is 3. The third kappa shape index (κ3) is 5.17. The lowest BCUT2D eigenvalue weighted by Gasteiger charge is -2.32. The van der Waals surface area contributed by atoms with E-state index in [1.54, 1.807) is 24.0 Å². The van der Waals surface area contributed by atoms with Gasteiger partial charge in [-0.2, -0.15) is 0 Å². The van der Waals surface area contributed by atoms with Crippen molar-refractivity contribution in [2.75, 3.05) is 19.7 Å². The van der Waals surface area contributed by atoms with E-state index in [1.807, 2.05) is 18.2 Å². The first kappa shape index (κ1) is 19.1. The number of carboxylic acid groups (broad SMARTS) is 1. The number of likely N-dealkylation sites (tertiary alicyclic amines) is 1. The zero-order valence-corrected chi connectivity index (χ0v) is 15.6. The number of carboxylic acids is 1. The maximum atomic E-state index is 12.7. The van der Waals surface area contributed by atoms with Gasteiger partial charge >= 0.3 is 5.97 Å². The van der Waals surface area contributed by atoms with E-state index in [1.165, 1.54) is 11.6 Å². The molecular formula is C22H25NO4. The van der Waals surface area contributed by atoms with Crippen molar-refractivity contribution >= 4 is 11.9 Å². The zero-order valence-electron chi connectivity index (χ0n) is 15.6. The predicted octanol–water partition coefficient (Wildman–Crippen LogP) is 3.56. The molecule has 2 aromatic carbocycles. The number of aryl methyl sites for hydroxylation is 1. The molecule has 142 valence electrons. The number of nitrogens with zero attached hydrogens (tertiary/aromatic N) is 1. The molecule has 27 heavy (non-hydrogen) atoms. The van der Waals surface area contributed by atoms with E-state index in [4.69, 9.17) is 4.74 Å². The van der Waals surface area contributed by atoms with Crippen LogP contribution in [0.15, 0.2) is 48.5 Å². The molecule has 0 spiro atoms. The second kappa shape index (κ2) is 8.82. The Morgan fingerprint density at radius 1 is 1.07 bits per heavy atom. The molecule has 1 aliphatic heterocycles. The molecule has 0 aromatic heterocycles. The Kier molecular flexibility index (Phi) is 6.24. The van der Waals surface area contributed by atoms with Crippen LogP contribution in [0.4, 0.5) is 0 Å². The largest absolute Gasteiger partial charge is 0.478 e. The summed E-state index contributed by atoms with van der Waals surface area (Å²) >= 11 is 0. The van der Waals surface area contributed by atoms with Gasteiger partial charge in [-0.3, -0.25) is 4.79 Å². The fourth-order valence-electron chi connectivity index (χ4n) is 3.43. The average Bonchev–Trinajstić information content (AvgIpc) is 2.68. The standard InChI is InChI=1S/C22H25NO4/c1-16-13-18(15-19(14-16)22(25)26)21(24)23-10-7-20(8-11-23)27-12-9-17-5-3-2-4-6-17/h2-6,13-15,20H,7-12H2,1H3,(H,25,26). The number of amides is 1. The van der Waals surface area contributed by atoms with E-state index in [2.05, 4.69) is 12.1 Å². The highest BCUT2D eigenvalue weighted by Crippen LogP contribution is 2.18. The molecule has 1 saturated heterocycles. The lowest BCUT2D eigenvalue weighted by atomic mass is 10.0. The van der Waals surface area contributed by atoms with Gasteiger partial charge in [-0.1, -0.05) is 30.3 Å². The van der Waals surface area contributed by atoms with Gasteiger partial charge in [0.2, 0.25) is 0 Å². The molecule has 5 heteroatoms. The SMILES string of the molecule is Cc1cc(C(=O)O)cc(C(=O)N2CCC(OCCc3ccccc3)CC2)c1. The summed E-state index contributed by atoms with van der Waals surface area (Å²) in [5.41, 5.74) is 2.63. The molecule has 1 aliphatic rings. The highest BCUT2D eigenvalue weighted by atomic mass is 16.5. The van der Waals surface area contributed by atoms with Gasteiger partial charge in [0.1, 0.15) is 0 Å².